The number of hydrogen-bond donors (Lipinski definition) is 3. The fourth-order valence-electron chi connectivity index (χ4n) is 2.25. The zero-order valence-electron chi connectivity index (χ0n) is 13.0. The molecule has 2 aromatic carbocycles. The molecule has 4 nitrogen and oxygen atoms in total. The summed E-state index contributed by atoms with van der Waals surface area (Å²) in [4.78, 5) is 11.0. The fourth-order valence-corrected chi connectivity index (χ4v) is 2.47. The van der Waals surface area contributed by atoms with Crippen molar-refractivity contribution in [2.24, 2.45) is 0 Å². The third kappa shape index (κ3) is 4.51. The predicted molar refractivity (Wildman–Crippen MR) is 89.4 cm³/mol. The van der Waals surface area contributed by atoms with Crippen molar-refractivity contribution in [1.82, 2.24) is 0 Å². The van der Waals surface area contributed by atoms with Gasteiger partial charge in [-0.1, -0.05) is 17.7 Å². The third-order valence-electron chi connectivity index (χ3n) is 3.60. The van der Waals surface area contributed by atoms with Gasteiger partial charge in [-0.3, -0.25) is 5.41 Å². The first-order valence-electron chi connectivity index (χ1n) is 7.12. The average molecular weight is 371 g/mol. The second kappa shape index (κ2) is 7.14. The molecule has 0 aromatic heterocycles. The lowest BCUT2D eigenvalue weighted by molar-refractivity contribution is -0.137. The van der Waals surface area contributed by atoms with Gasteiger partial charge in [-0.15, -0.1) is 0 Å². The van der Waals surface area contributed by atoms with Crippen molar-refractivity contribution in [1.29, 1.82) is 5.41 Å². The van der Waals surface area contributed by atoms with E-state index in [9.17, 15) is 18.0 Å². The van der Waals surface area contributed by atoms with E-state index in [2.05, 4.69) is 5.32 Å². The van der Waals surface area contributed by atoms with Crippen molar-refractivity contribution in [3.8, 4) is 0 Å². The minimum Gasteiger partial charge on any atom is -0.477 e. The molecule has 0 fully saturated rings. The normalized spacial score (nSPS) is 11.2. The maximum atomic E-state index is 12.9. The number of rotatable bonds is 5. The van der Waals surface area contributed by atoms with Crippen molar-refractivity contribution >= 4 is 29.0 Å². The van der Waals surface area contributed by atoms with Crippen LogP contribution in [0.2, 0.25) is 5.02 Å². The van der Waals surface area contributed by atoms with Crippen molar-refractivity contribution in [2.75, 3.05) is 5.32 Å². The van der Waals surface area contributed by atoms with Crippen LogP contribution >= 0.6 is 11.6 Å². The van der Waals surface area contributed by atoms with Gasteiger partial charge < -0.3 is 10.4 Å². The number of alkyl halides is 3. The molecule has 25 heavy (non-hydrogen) atoms. The molecule has 0 saturated heterocycles. The highest BCUT2D eigenvalue weighted by Gasteiger charge is 2.31. The Morgan fingerprint density at radius 2 is 1.92 bits per heavy atom. The Morgan fingerprint density at radius 1 is 1.24 bits per heavy atom. The molecule has 0 heterocycles. The van der Waals surface area contributed by atoms with E-state index >= 15 is 0 Å². The quantitative estimate of drug-likeness (QED) is 0.666. The lowest BCUT2D eigenvalue weighted by atomic mass is 10.0. The van der Waals surface area contributed by atoms with Gasteiger partial charge >= 0.3 is 12.1 Å². The number of carboxylic acids is 1. The number of nitrogens with one attached hydrogen (secondary N) is 2. The van der Waals surface area contributed by atoms with Gasteiger partial charge in [0.25, 0.3) is 0 Å². The Hall–Kier alpha value is -2.54. The molecular weight excluding hydrogens is 357 g/mol. The maximum Gasteiger partial charge on any atom is 0.416 e. The highest BCUT2D eigenvalue weighted by Crippen LogP contribution is 2.32. The topological polar surface area (TPSA) is 73.2 Å². The van der Waals surface area contributed by atoms with Crippen LogP contribution in [0.4, 0.5) is 18.9 Å². The summed E-state index contributed by atoms with van der Waals surface area (Å²) in [6.07, 6.45) is -4.57. The van der Waals surface area contributed by atoms with E-state index < -0.39 is 23.4 Å². The van der Waals surface area contributed by atoms with Gasteiger partial charge in [0.05, 0.1) is 5.56 Å². The first-order valence-corrected chi connectivity index (χ1v) is 7.49. The first kappa shape index (κ1) is 18.8. The number of benzene rings is 2. The number of anilines is 1. The molecule has 8 heteroatoms. The van der Waals surface area contributed by atoms with Crippen LogP contribution < -0.4 is 5.32 Å². The molecule has 2 rings (SSSR count). The summed E-state index contributed by atoms with van der Waals surface area (Å²) >= 11 is 5.87. The van der Waals surface area contributed by atoms with Crippen molar-refractivity contribution in [2.45, 2.75) is 19.6 Å². The van der Waals surface area contributed by atoms with Gasteiger partial charge in [-0.2, -0.15) is 13.2 Å². The molecule has 0 atom stereocenters. The van der Waals surface area contributed by atoms with E-state index in [-0.39, 0.29) is 17.8 Å². The van der Waals surface area contributed by atoms with Gasteiger partial charge in [-0.25, -0.2) is 4.79 Å². The van der Waals surface area contributed by atoms with E-state index in [0.29, 0.717) is 5.02 Å². The van der Waals surface area contributed by atoms with Crippen LogP contribution in [0.5, 0.6) is 0 Å². The van der Waals surface area contributed by atoms with E-state index in [1.165, 1.54) is 0 Å². The van der Waals surface area contributed by atoms with Crippen LogP contribution in [0.3, 0.4) is 0 Å². The molecule has 0 aliphatic rings. The zero-order chi connectivity index (χ0) is 18.8. The van der Waals surface area contributed by atoms with Crippen LogP contribution in [0, 0.1) is 12.3 Å². The largest absolute Gasteiger partial charge is 0.477 e. The van der Waals surface area contributed by atoms with Crippen LogP contribution in [-0.4, -0.2) is 16.8 Å². The molecule has 0 radical (unpaired) electrons. The Balaban J connectivity index is 2.38. The standard InChI is InChI=1S/C17H14ClF3N2O2/c1-9-6-12(18)4-2-10(9)8-23-14-7-11(17(19,20)21)3-5-13(14)15(22)16(24)25/h2-7,22-23H,8H2,1H3,(H,24,25). The number of halogens is 4. The van der Waals surface area contributed by atoms with E-state index in [1.807, 2.05) is 0 Å². The minimum absolute atomic E-state index is 0.0726. The summed E-state index contributed by atoms with van der Waals surface area (Å²) in [5.41, 5.74) is -0.283. The smallest absolute Gasteiger partial charge is 0.416 e. The number of hydrogen-bond acceptors (Lipinski definition) is 3. The molecule has 0 amide bonds. The molecule has 3 N–H and O–H groups in total. The second-order valence-electron chi connectivity index (χ2n) is 5.36. The van der Waals surface area contributed by atoms with Gasteiger partial charge in [-0.05, 0) is 48.4 Å². The minimum atomic E-state index is -4.57. The Morgan fingerprint density at radius 3 is 2.48 bits per heavy atom. The van der Waals surface area contributed by atoms with Crippen LogP contribution in [0.1, 0.15) is 22.3 Å². The van der Waals surface area contributed by atoms with Crippen molar-refractivity contribution < 1.29 is 23.1 Å². The Labute approximate surface area is 146 Å². The van der Waals surface area contributed by atoms with E-state index in [1.54, 1.807) is 25.1 Å². The SMILES string of the molecule is Cc1cc(Cl)ccc1CNc1cc(C(F)(F)F)ccc1C(=N)C(=O)O. The van der Waals surface area contributed by atoms with Crippen molar-refractivity contribution in [3.63, 3.8) is 0 Å². The second-order valence-corrected chi connectivity index (χ2v) is 5.80. The number of carbonyl (C=O) groups is 1. The van der Waals surface area contributed by atoms with Crippen LogP contribution in [0.25, 0.3) is 0 Å². The summed E-state index contributed by atoms with van der Waals surface area (Å²) in [5.74, 6) is -1.52. The van der Waals surface area contributed by atoms with Gasteiger partial charge in [0, 0.05) is 22.8 Å². The summed E-state index contributed by atoms with van der Waals surface area (Å²) in [5, 5.41) is 19.9. The molecule has 2 aromatic rings. The highest BCUT2D eigenvalue weighted by molar-refractivity contribution is 6.42. The average Bonchev–Trinajstić information content (AvgIpc) is 2.52. The summed E-state index contributed by atoms with van der Waals surface area (Å²) in [6, 6.07) is 7.63. The van der Waals surface area contributed by atoms with Gasteiger partial charge in [0.2, 0.25) is 0 Å². The molecule has 0 unspecified atom stereocenters. The number of carboxylic acid groups (broad SMARTS) is 1. The Bertz CT molecular complexity index is 835. The molecular formula is C17H14ClF3N2O2. The molecule has 0 aliphatic heterocycles. The predicted octanol–water partition coefficient (Wildman–Crippen LogP) is 4.73. The van der Waals surface area contributed by atoms with Gasteiger partial charge in [0.15, 0.2) is 0 Å². The lowest BCUT2D eigenvalue weighted by Gasteiger charge is -2.16. The van der Waals surface area contributed by atoms with E-state index in [0.717, 1.165) is 29.3 Å². The number of aliphatic carboxylic acids is 1. The lowest BCUT2D eigenvalue weighted by Crippen LogP contribution is -2.17. The van der Waals surface area contributed by atoms with E-state index in [4.69, 9.17) is 22.1 Å². The van der Waals surface area contributed by atoms with Crippen LogP contribution in [0.15, 0.2) is 36.4 Å². The van der Waals surface area contributed by atoms with Crippen molar-refractivity contribution in [3.05, 3.63) is 63.7 Å². The fraction of sp³-hybridized carbons (Fsp3) is 0.176. The highest BCUT2D eigenvalue weighted by atomic mass is 35.5. The first-order chi connectivity index (χ1) is 11.6. The zero-order valence-corrected chi connectivity index (χ0v) is 13.8. The maximum absolute atomic E-state index is 12.9. The number of aryl methyl sites for hydroxylation is 1. The Kier molecular flexibility index (Phi) is 5.37. The molecule has 0 saturated carbocycles. The molecule has 0 spiro atoms. The summed E-state index contributed by atoms with van der Waals surface area (Å²) < 4.78 is 38.8. The summed E-state index contributed by atoms with van der Waals surface area (Å²) in [7, 11) is 0. The molecule has 132 valence electrons. The summed E-state index contributed by atoms with van der Waals surface area (Å²) in [6.45, 7) is 1.96. The third-order valence-corrected chi connectivity index (χ3v) is 3.84. The van der Waals surface area contributed by atoms with Gasteiger partial charge in [0.1, 0.15) is 5.71 Å². The van der Waals surface area contributed by atoms with Crippen LogP contribution in [-0.2, 0) is 17.5 Å². The monoisotopic (exact) mass is 370 g/mol. The molecule has 0 aliphatic carbocycles. The molecule has 0 bridgehead atoms.